The SMILES string of the molecule is CCCOc1cncc(-c2cccc(N)n2)c1. The van der Waals surface area contributed by atoms with Crippen LogP contribution < -0.4 is 10.5 Å². The summed E-state index contributed by atoms with van der Waals surface area (Å²) in [6.07, 6.45) is 4.42. The number of ether oxygens (including phenoxy) is 1. The van der Waals surface area contributed by atoms with Gasteiger partial charge in [0.25, 0.3) is 0 Å². The lowest BCUT2D eigenvalue weighted by molar-refractivity contribution is 0.316. The smallest absolute Gasteiger partial charge is 0.138 e. The fraction of sp³-hybridized carbons (Fsp3) is 0.231. The molecule has 0 saturated heterocycles. The zero-order valence-corrected chi connectivity index (χ0v) is 9.76. The lowest BCUT2D eigenvalue weighted by Crippen LogP contribution is -1.96. The van der Waals surface area contributed by atoms with Crippen molar-refractivity contribution >= 4 is 5.82 Å². The van der Waals surface area contributed by atoms with Gasteiger partial charge in [0.2, 0.25) is 0 Å². The fourth-order valence-electron chi connectivity index (χ4n) is 1.47. The van der Waals surface area contributed by atoms with E-state index in [-0.39, 0.29) is 0 Å². The third-order valence-corrected chi connectivity index (χ3v) is 2.25. The average Bonchev–Trinajstić information content (AvgIpc) is 2.37. The van der Waals surface area contributed by atoms with E-state index in [0.717, 1.165) is 23.4 Å². The summed E-state index contributed by atoms with van der Waals surface area (Å²) < 4.78 is 5.53. The van der Waals surface area contributed by atoms with E-state index in [1.54, 1.807) is 18.5 Å². The van der Waals surface area contributed by atoms with Crippen LogP contribution in [0.25, 0.3) is 11.3 Å². The first kappa shape index (κ1) is 11.4. The van der Waals surface area contributed by atoms with E-state index in [0.29, 0.717) is 12.4 Å². The van der Waals surface area contributed by atoms with E-state index in [4.69, 9.17) is 10.5 Å². The normalized spacial score (nSPS) is 10.2. The summed E-state index contributed by atoms with van der Waals surface area (Å²) in [5.74, 6) is 1.26. The Morgan fingerprint density at radius 2 is 2.18 bits per heavy atom. The Balaban J connectivity index is 2.26. The molecule has 2 N–H and O–H groups in total. The quantitative estimate of drug-likeness (QED) is 0.875. The summed E-state index contributed by atoms with van der Waals surface area (Å²) in [4.78, 5) is 8.38. The van der Waals surface area contributed by atoms with Crippen molar-refractivity contribution in [2.45, 2.75) is 13.3 Å². The molecule has 17 heavy (non-hydrogen) atoms. The summed E-state index contributed by atoms with van der Waals surface area (Å²) in [7, 11) is 0. The molecule has 2 rings (SSSR count). The molecule has 2 heterocycles. The number of nitrogens with zero attached hydrogens (tertiary/aromatic N) is 2. The second-order valence-electron chi connectivity index (χ2n) is 3.71. The average molecular weight is 229 g/mol. The third kappa shape index (κ3) is 2.93. The van der Waals surface area contributed by atoms with Crippen molar-refractivity contribution in [3.63, 3.8) is 0 Å². The number of rotatable bonds is 4. The first-order valence-electron chi connectivity index (χ1n) is 5.60. The molecule has 0 saturated carbocycles. The molecule has 88 valence electrons. The highest BCUT2D eigenvalue weighted by molar-refractivity contribution is 5.61. The molecular formula is C13H15N3O. The molecule has 4 heteroatoms. The predicted molar refractivity (Wildman–Crippen MR) is 67.7 cm³/mol. The molecule has 0 unspecified atom stereocenters. The van der Waals surface area contributed by atoms with Crippen molar-refractivity contribution in [2.24, 2.45) is 0 Å². The standard InChI is InChI=1S/C13H15N3O/c1-2-6-17-11-7-10(8-15-9-11)12-4-3-5-13(14)16-12/h3-5,7-9H,2,6H2,1H3,(H2,14,16). The first-order chi connectivity index (χ1) is 8.29. The van der Waals surface area contributed by atoms with Gasteiger partial charge in [-0.3, -0.25) is 4.98 Å². The van der Waals surface area contributed by atoms with Gasteiger partial charge in [-0.2, -0.15) is 0 Å². The van der Waals surface area contributed by atoms with Crippen LogP contribution in [0.1, 0.15) is 13.3 Å². The number of hydrogen-bond acceptors (Lipinski definition) is 4. The lowest BCUT2D eigenvalue weighted by atomic mass is 10.2. The van der Waals surface area contributed by atoms with E-state index in [2.05, 4.69) is 16.9 Å². The largest absolute Gasteiger partial charge is 0.492 e. The maximum atomic E-state index is 5.65. The molecular weight excluding hydrogens is 214 g/mol. The van der Waals surface area contributed by atoms with Crippen LogP contribution in [0, 0.1) is 0 Å². The number of anilines is 1. The topological polar surface area (TPSA) is 61.0 Å². The Morgan fingerprint density at radius 3 is 2.94 bits per heavy atom. The van der Waals surface area contributed by atoms with Gasteiger partial charge in [0.1, 0.15) is 11.6 Å². The Hall–Kier alpha value is -2.10. The Bertz CT molecular complexity index is 500. The monoisotopic (exact) mass is 229 g/mol. The molecule has 4 nitrogen and oxygen atoms in total. The van der Waals surface area contributed by atoms with E-state index >= 15 is 0 Å². The maximum absolute atomic E-state index is 5.65. The van der Waals surface area contributed by atoms with Gasteiger partial charge in [0, 0.05) is 11.8 Å². The molecule has 0 bridgehead atoms. The number of hydrogen-bond donors (Lipinski definition) is 1. The second-order valence-corrected chi connectivity index (χ2v) is 3.71. The Kier molecular flexibility index (Phi) is 3.55. The minimum absolute atomic E-state index is 0.502. The summed E-state index contributed by atoms with van der Waals surface area (Å²) in [6, 6.07) is 7.45. The van der Waals surface area contributed by atoms with Crippen LogP contribution in [0.5, 0.6) is 5.75 Å². The molecule has 0 spiro atoms. The van der Waals surface area contributed by atoms with Crippen molar-refractivity contribution in [1.82, 2.24) is 9.97 Å². The predicted octanol–water partition coefficient (Wildman–Crippen LogP) is 2.51. The zero-order valence-electron chi connectivity index (χ0n) is 9.76. The van der Waals surface area contributed by atoms with Crippen molar-refractivity contribution in [3.8, 4) is 17.0 Å². The summed E-state index contributed by atoms with van der Waals surface area (Å²) in [5, 5.41) is 0. The molecule has 0 aliphatic carbocycles. The zero-order chi connectivity index (χ0) is 12.1. The van der Waals surface area contributed by atoms with Gasteiger partial charge >= 0.3 is 0 Å². The molecule has 0 aliphatic heterocycles. The summed E-state index contributed by atoms with van der Waals surface area (Å²) in [5.41, 5.74) is 7.36. The van der Waals surface area contributed by atoms with E-state index in [1.165, 1.54) is 0 Å². The van der Waals surface area contributed by atoms with Crippen LogP contribution in [0.4, 0.5) is 5.82 Å². The van der Waals surface area contributed by atoms with Gasteiger partial charge in [-0.1, -0.05) is 13.0 Å². The lowest BCUT2D eigenvalue weighted by Gasteiger charge is -2.06. The van der Waals surface area contributed by atoms with Crippen LogP contribution in [0.3, 0.4) is 0 Å². The Labute approximate surface area is 100 Å². The van der Waals surface area contributed by atoms with Crippen LogP contribution in [-0.2, 0) is 0 Å². The molecule has 0 aromatic carbocycles. The minimum Gasteiger partial charge on any atom is -0.492 e. The van der Waals surface area contributed by atoms with Crippen LogP contribution >= 0.6 is 0 Å². The molecule has 0 aliphatic rings. The van der Waals surface area contributed by atoms with Gasteiger partial charge in [-0.25, -0.2) is 4.98 Å². The Morgan fingerprint density at radius 1 is 1.29 bits per heavy atom. The van der Waals surface area contributed by atoms with Gasteiger partial charge < -0.3 is 10.5 Å². The second kappa shape index (κ2) is 5.30. The van der Waals surface area contributed by atoms with Crippen molar-refractivity contribution in [2.75, 3.05) is 12.3 Å². The number of nitrogens with two attached hydrogens (primary N) is 1. The van der Waals surface area contributed by atoms with Crippen molar-refractivity contribution < 1.29 is 4.74 Å². The molecule has 2 aromatic rings. The molecule has 2 aromatic heterocycles. The van der Waals surface area contributed by atoms with Crippen LogP contribution in [0.15, 0.2) is 36.7 Å². The summed E-state index contributed by atoms with van der Waals surface area (Å²) in [6.45, 7) is 2.76. The fourth-order valence-corrected chi connectivity index (χ4v) is 1.47. The van der Waals surface area contributed by atoms with Crippen molar-refractivity contribution in [1.29, 1.82) is 0 Å². The van der Waals surface area contributed by atoms with Crippen molar-refractivity contribution in [3.05, 3.63) is 36.7 Å². The highest BCUT2D eigenvalue weighted by Crippen LogP contribution is 2.21. The highest BCUT2D eigenvalue weighted by atomic mass is 16.5. The van der Waals surface area contributed by atoms with Gasteiger partial charge in [-0.05, 0) is 24.6 Å². The maximum Gasteiger partial charge on any atom is 0.138 e. The molecule has 0 atom stereocenters. The van der Waals surface area contributed by atoms with Gasteiger partial charge in [0.05, 0.1) is 18.5 Å². The van der Waals surface area contributed by atoms with E-state index in [1.807, 2.05) is 18.2 Å². The number of aromatic nitrogens is 2. The molecule has 0 radical (unpaired) electrons. The van der Waals surface area contributed by atoms with E-state index < -0.39 is 0 Å². The number of pyridine rings is 2. The van der Waals surface area contributed by atoms with Crippen LogP contribution in [0.2, 0.25) is 0 Å². The molecule has 0 fully saturated rings. The minimum atomic E-state index is 0.502. The van der Waals surface area contributed by atoms with Gasteiger partial charge in [-0.15, -0.1) is 0 Å². The van der Waals surface area contributed by atoms with Crippen LogP contribution in [-0.4, -0.2) is 16.6 Å². The third-order valence-electron chi connectivity index (χ3n) is 2.25. The first-order valence-corrected chi connectivity index (χ1v) is 5.60. The highest BCUT2D eigenvalue weighted by Gasteiger charge is 2.02. The summed E-state index contributed by atoms with van der Waals surface area (Å²) >= 11 is 0. The number of nitrogen functional groups attached to an aromatic ring is 1. The van der Waals surface area contributed by atoms with E-state index in [9.17, 15) is 0 Å². The molecule has 0 amide bonds. The van der Waals surface area contributed by atoms with Gasteiger partial charge in [0.15, 0.2) is 0 Å².